The molecule has 0 aliphatic rings. The Labute approximate surface area is 94.1 Å². The van der Waals surface area contributed by atoms with E-state index in [1.54, 1.807) is 35.0 Å². The second kappa shape index (κ2) is 3.63. The van der Waals surface area contributed by atoms with Gasteiger partial charge in [0.1, 0.15) is 10.4 Å². The number of hydrogen-bond donors (Lipinski definition) is 1. The number of halogens is 2. The molecule has 0 bridgehead atoms. The highest BCUT2D eigenvalue weighted by Gasteiger charge is 2.07. The zero-order valence-corrected chi connectivity index (χ0v) is 9.33. The predicted octanol–water partition coefficient (Wildman–Crippen LogP) is 2.99. The molecule has 72 valence electrons. The Hall–Kier alpha value is -1.00. The zero-order valence-electron chi connectivity index (χ0n) is 6.98. The highest BCUT2D eigenvalue weighted by atomic mass is 79.9. The second-order valence-electron chi connectivity index (χ2n) is 2.70. The van der Waals surface area contributed by atoms with Gasteiger partial charge >= 0.3 is 0 Å². The number of benzene rings is 1. The summed E-state index contributed by atoms with van der Waals surface area (Å²) in [5.74, 6) is 0.223. The van der Waals surface area contributed by atoms with Gasteiger partial charge in [-0.2, -0.15) is 0 Å². The van der Waals surface area contributed by atoms with E-state index in [0.717, 1.165) is 10.3 Å². The van der Waals surface area contributed by atoms with Crippen LogP contribution in [0.1, 0.15) is 0 Å². The van der Waals surface area contributed by atoms with E-state index in [9.17, 15) is 0 Å². The Bertz CT molecular complexity index is 433. The third kappa shape index (κ3) is 1.63. The standard InChI is InChI=1S/C9H6BrClN2O/c10-8-5-12-9(11)13(8)6-1-3-7(14)4-2-6/h1-5,14H. The summed E-state index contributed by atoms with van der Waals surface area (Å²) in [7, 11) is 0. The van der Waals surface area contributed by atoms with Crippen LogP contribution >= 0.6 is 27.5 Å². The van der Waals surface area contributed by atoms with E-state index in [1.165, 1.54) is 0 Å². The van der Waals surface area contributed by atoms with Crippen LogP contribution in [0.25, 0.3) is 5.69 Å². The van der Waals surface area contributed by atoms with Gasteiger partial charge in [-0.25, -0.2) is 4.98 Å². The Balaban J connectivity index is 2.54. The number of rotatable bonds is 1. The van der Waals surface area contributed by atoms with Crippen LogP contribution in [-0.4, -0.2) is 14.7 Å². The van der Waals surface area contributed by atoms with Crippen molar-refractivity contribution < 1.29 is 5.11 Å². The second-order valence-corrected chi connectivity index (χ2v) is 3.85. The first-order valence-corrected chi connectivity index (χ1v) is 5.04. The van der Waals surface area contributed by atoms with E-state index in [2.05, 4.69) is 20.9 Å². The highest BCUT2D eigenvalue weighted by molar-refractivity contribution is 9.10. The van der Waals surface area contributed by atoms with E-state index >= 15 is 0 Å². The van der Waals surface area contributed by atoms with Gasteiger partial charge in [0.25, 0.3) is 0 Å². The summed E-state index contributed by atoms with van der Waals surface area (Å²) < 4.78 is 2.49. The topological polar surface area (TPSA) is 38.0 Å². The van der Waals surface area contributed by atoms with Gasteiger partial charge in [-0.15, -0.1) is 0 Å². The molecule has 0 aliphatic heterocycles. The average molecular weight is 274 g/mol. The van der Waals surface area contributed by atoms with E-state index in [4.69, 9.17) is 16.7 Å². The number of aromatic hydroxyl groups is 1. The van der Waals surface area contributed by atoms with Crippen LogP contribution in [0.2, 0.25) is 5.28 Å². The lowest BCUT2D eigenvalue weighted by atomic mass is 10.3. The number of phenols is 1. The summed E-state index contributed by atoms with van der Waals surface area (Å²) in [5, 5.41) is 9.50. The molecule has 3 nitrogen and oxygen atoms in total. The quantitative estimate of drug-likeness (QED) is 0.867. The normalized spacial score (nSPS) is 10.4. The fourth-order valence-corrected chi connectivity index (χ4v) is 1.96. The lowest BCUT2D eigenvalue weighted by molar-refractivity contribution is 0.475. The molecule has 14 heavy (non-hydrogen) atoms. The summed E-state index contributed by atoms with van der Waals surface area (Å²) in [6.45, 7) is 0. The van der Waals surface area contributed by atoms with Crippen molar-refractivity contribution >= 4 is 27.5 Å². The van der Waals surface area contributed by atoms with E-state index in [-0.39, 0.29) is 5.75 Å². The Kier molecular flexibility index (Phi) is 2.48. The van der Waals surface area contributed by atoms with Crippen LogP contribution in [-0.2, 0) is 0 Å². The van der Waals surface area contributed by atoms with Gasteiger partial charge in [0.2, 0.25) is 5.28 Å². The summed E-state index contributed by atoms with van der Waals surface area (Å²) in [6, 6.07) is 6.71. The minimum atomic E-state index is 0.223. The van der Waals surface area contributed by atoms with Crippen LogP contribution < -0.4 is 0 Å². The summed E-state index contributed by atoms with van der Waals surface area (Å²) in [4.78, 5) is 3.93. The molecule has 1 aromatic carbocycles. The lowest BCUT2D eigenvalue weighted by Crippen LogP contribution is -1.93. The molecule has 2 rings (SSSR count). The maximum atomic E-state index is 9.12. The molecule has 0 atom stereocenters. The predicted molar refractivity (Wildman–Crippen MR) is 57.9 cm³/mol. The molecule has 1 aromatic heterocycles. The number of hydrogen-bond acceptors (Lipinski definition) is 2. The van der Waals surface area contributed by atoms with Gasteiger partial charge in [-0.05, 0) is 51.8 Å². The fourth-order valence-electron chi connectivity index (χ4n) is 1.14. The number of imidazole rings is 1. The SMILES string of the molecule is Oc1ccc(-n2c(Br)cnc2Cl)cc1. The van der Waals surface area contributed by atoms with Crippen LogP contribution in [0.3, 0.4) is 0 Å². The van der Waals surface area contributed by atoms with Crippen molar-refractivity contribution in [1.82, 2.24) is 9.55 Å². The minimum absolute atomic E-state index is 0.223. The van der Waals surface area contributed by atoms with Crippen molar-refractivity contribution in [1.29, 1.82) is 0 Å². The molecule has 0 fully saturated rings. The van der Waals surface area contributed by atoms with E-state index in [0.29, 0.717) is 5.28 Å². The maximum Gasteiger partial charge on any atom is 0.208 e. The Morgan fingerprint density at radius 1 is 1.29 bits per heavy atom. The monoisotopic (exact) mass is 272 g/mol. The Morgan fingerprint density at radius 2 is 1.93 bits per heavy atom. The van der Waals surface area contributed by atoms with Gasteiger partial charge in [-0.1, -0.05) is 0 Å². The van der Waals surface area contributed by atoms with Crippen molar-refractivity contribution in [3.8, 4) is 11.4 Å². The summed E-state index contributed by atoms with van der Waals surface area (Å²) in [5.41, 5.74) is 0.845. The zero-order chi connectivity index (χ0) is 10.1. The number of aromatic nitrogens is 2. The first kappa shape index (κ1) is 9.55. The van der Waals surface area contributed by atoms with Crippen molar-refractivity contribution in [3.05, 3.63) is 40.3 Å². The molecular formula is C9H6BrClN2O. The van der Waals surface area contributed by atoms with Crippen LogP contribution in [0.15, 0.2) is 35.1 Å². The number of nitrogens with zero attached hydrogens (tertiary/aromatic N) is 2. The molecule has 0 spiro atoms. The van der Waals surface area contributed by atoms with Crippen LogP contribution in [0, 0.1) is 0 Å². The largest absolute Gasteiger partial charge is 0.508 e. The molecule has 0 aliphatic carbocycles. The van der Waals surface area contributed by atoms with E-state index < -0.39 is 0 Å². The first-order valence-electron chi connectivity index (χ1n) is 3.86. The third-order valence-corrected chi connectivity index (χ3v) is 2.61. The average Bonchev–Trinajstić information content (AvgIpc) is 2.49. The molecule has 1 heterocycles. The van der Waals surface area contributed by atoms with Gasteiger partial charge in [0.15, 0.2) is 0 Å². The van der Waals surface area contributed by atoms with Gasteiger partial charge < -0.3 is 5.11 Å². The van der Waals surface area contributed by atoms with E-state index in [1.807, 2.05) is 0 Å². The van der Waals surface area contributed by atoms with Gasteiger partial charge in [0.05, 0.1) is 6.20 Å². The molecule has 2 aromatic rings. The van der Waals surface area contributed by atoms with Crippen molar-refractivity contribution in [2.75, 3.05) is 0 Å². The van der Waals surface area contributed by atoms with Crippen molar-refractivity contribution in [2.24, 2.45) is 0 Å². The molecule has 1 N–H and O–H groups in total. The van der Waals surface area contributed by atoms with Crippen LogP contribution in [0.5, 0.6) is 5.75 Å². The Morgan fingerprint density at radius 3 is 2.43 bits per heavy atom. The third-order valence-electron chi connectivity index (χ3n) is 1.78. The van der Waals surface area contributed by atoms with Crippen LogP contribution in [0.4, 0.5) is 0 Å². The molecule has 0 radical (unpaired) electrons. The smallest absolute Gasteiger partial charge is 0.208 e. The van der Waals surface area contributed by atoms with Crippen molar-refractivity contribution in [3.63, 3.8) is 0 Å². The molecule has 0 saturated heterocycles. The molecule has 5 heteroatoms. The van der Waals surface area contributed by atoms with Crippen molar-refractivity contribution in [2.45, 2.75) is 0 Å². The number of phenolic OH excluding ortho intramolecular Hbond substituents is 1. The fraction of sp³-hybridized carbons (Fsp3) is 0. The summed E-state index contributed by atoms with van der Waals surface area (Å²) in [6.07, 6.45) is 1.62. The maximum absolute atomic E-state index is 9.12. The molecule has 0 saturated carbocycles. The van der Waals surface area contributed by atoms with Gasteiger partial charge in [-0.3, -0.25) is 4.57 Å². The molecule has 0 unspecified atom stereocenters. The first-order chi connectivity index (χ1) is 6.68. The highest BCUT2D eigenvalue weighted by Crippen LogP contribution is 2.23. The molecular weight excluding hydrogens is 267 g/mol. The lowest BCUT2D eigenvalue weighted by Gasteiger charge is -2.04. The molecule has 0 amide bonds. The minimum Gasteiger partial charge on any atom is -0.508 e. The summed E-state index contributed by atoms with van der Waals surface area (Å²) >= 11 is 9.20. The van der Waals surface area contributed by atoms with Gasteiger partial charge in [0, 0.05) is 5.69 Å².